The van der Waals surface area contributed by atoms with Crippen LogP contribution in [0.3, 0.4) is 0 Å². The summed E-state index contributed by atoms with van der Waals surface area (Å²) in [6.45, 7) is 0. The molecule has 0 aliphatic carbocycles. The van der Waals surface area contributed by atoms with Crippen LogP contribution in [-0.4, -0.2) is 14.2 Å². The van der Waals surface area contributed by atoms with Gasteiger partial charge in [0.15, 0.2) is 0 Å². The number of rotatable bonds is 6. The summed E-state index contributed by atoms with van der Waals surface area (Å²) in [6, 6.07) is 14.8. The van der Waals surface area contributed by atoms with Crippen molar-refractivity contribution in [3.63, 3.8) is 0 Å². The normalized spacial score (nSPS) is 13.7. The van der Waals surface area contributed by atoms with Crippen molar-refractivity contribution < 1.29 is 57.5 Å². The standard InChI is InChI=1S/C26H19O6PS4.Na/c1-29-19-7-3-5-17-21(13-15-9-11-34-25(15)36-23(17)19)31-33(27,28)32-22-14-16-10-12-35-26(16)37-24-18(22)6-4-8-20(24)30-2;/h3-14H,1-2H3,(H,27,28);/q;+1/p-1. The van der Waals surface area contributed by atoms with Gasteiger partial charge in [0.25, 0.3) is 0 Å². The molecule has 6 rings (SSSR count). The smallest absolute Gasteiger partial charge is 0.736 e. The molecular formula is C26H18NaO6PS4. The van der Waals surface area contributed by atoms with Gasteiger partial charge in [-0.3, -0.25) is 0 Å². The van der Waals surface area contributed by atoms with Crippen LogP contribution < -0.4 is 43.9 Å². The Morgan fingerprint density at radius 2 is 1.16 bits per heavy atom. The summed E-state index contributed by atoms with van der Waals surface area (Å²) in [4.78, 5) is 15.0. The maximum Gasteiger partial charge on any atom is 1.00 e. The van der Waals surface area contributed by atoms with Crippen molar-refractivity contribution in [3.8, 4) is 11.5 Å². The van der Waals surface area contributed by atoms with E-state index in [4.69, 9.17) is 18.5 Å². The molecule has 12 heteroatoms. The number of fused-ring (bicyclic) bond motifs is 4. The van der Waals surface area contributed by atoms with Gasteiger partial charge in [0.2, 0.25) is 0 Å². The van der Waals surface area contributed by atoms with Crippen molar-refractivity contribution in [2.45, 2.75) is 18.2 Å². The largest absolute Gasteiger partial charge is 1.00 e. The van der Waals surface area contributed by atoms with Gasteiger partial charge in [0.05, 0.1) is 32.4 Å². The molecule has 2 aromatic carbocycles. The van der Waals surface area contributed by atoms with Crippen LogP contribution in [0.4, 0.5) is 0 Å². The molecule has 0 amide bonds. The van der Waals surface area contributed by atoms with Gasteiger partial charge in [0.1, 0.15) is 23.0 Å². The molecule has 4 heterocycles. The first kappa shape index (κ1) is 28.0. The van der Waals surface area contributed by atoms with Crippen molar-refractivity contribution in [1.82, 2.24) is 0 Å². The molecule has 6 nitrogen and oxygen atoms in total. The number of phosphoric acid groups is 1. The fourth-order valence-electron chi connectivity index (χ4n) is 3.98. The summed E-state index contributed by atoms with van der Waals surface area (Å²) >= 11 is 6.18. The Bertz CT molecular complexity index is 1510. The zero-order valence-corrected chi connectivity index (χ0v) is 26.6. The predicted molar refractivity (Wildman–Crippen MR) is 148 cm³/mol. The summed E-state index contributed by atoms with van der Waals surface area (Å²) in [7, 11) is -1.72. The van der Waals surface area contributed by atoms with E-state index in [0.717, 1.165) is 29.3 Å². The minimum absolute atomic E-state index is 0. The Labute approximate surface area is 258 Å². The van der Waals surface area contributed by atoms with Crippen molar-refractivity contribution in [1.29, 1.82) is 0 Å². The Kier molecular flexibility index (Phi) is 8.45. The summed E-state index contributed by atoms with van der Waals surface area (Å²) in [6.07, 6.45) is 3.45. The monoisotopic (exact) mass is 608 g/mol. The van der Waals surface area contributed by atoms with E-state index >= 15 is 0 Å². The first-order chi connectivity index (χ1) is 18.0. The Hall–Kier alpha value is -1.59. The van der Waals surface area contributed by atoms with E-state index in [1.54, 1.807) is 61.2 Å². The van der Waals surface area contributed by atoms with E-state index in [-0.39, 0.29) is 41.1 Å². The molecule has 0 saturated heterocycles. The van der Waals surface area contributed by atoms with E-state index < -0.39 is 7.82 Å². The summed E-state index contributed by atoms with van der Waals surface area (Å²) in [5, 5.41) is 3.91. The molecule has 0 atom stereocenters. The SMILES string of the molecule is COc1cccc2c1Sc1sccc1C=C2OP(=O)([O-])OC1=Cc2ccsc2Sc2c(OC)cccc21.[Na+]. The minimum atomic E-state index is -4.89. The zero-order chi connectivity index (χ0) is 25.6. The Morgan fingerprint density at radius 1 is 0.711 bits per heavy atom. The minimum Gasteiger partial charge on any atom is -0.736 e. The van der Waals surface area contributed by atoms with E-state index in [0.29, 0.717) is 22.6 Å². The third kappa shape index (κ3) is 5.39. The zero-order valence-electron chi connectivity index (χ0n) is 20.5. The van der Waals surface area contributed by atoms with Crippen LogP contribution in [0, 0.1) is 0 Å². The number of ether oxygens (including phenoxy) is 2. The molecule has 0 fully saturated rings. The van der Waals surface area contributed by atoms with Crippen LogP contribution in [0.25, 0.3) is 23.7 Å². The van der Waals surface area contributed by atoms with Gasteiger partial charge >= 0.3 is 37.4 Å². The summed E-state index contributed by atoms with van der Waals surface area (Å²) < 4.78 is 38.0. The quantitative estimate of drug-likeness (QED) is 0.225. The predicted octanol–water partition coefficient (Wildman–Crippen LogP) is 4.96. The fourth-order valence-corrected chi connectivity index (χ4v) is 9.14. The van der Waals surface area contributed by atoms with E-state index in [1.807, 2.05) is 47.2 Å². The molecule has 4 aromatic rings. The van der Waals surface area contributed by atoms with Gasteiger partial charge < -0.3 is 23.4 Å². The first-order valence-electron chi connectivity index (χ1n) is 10.9. The van der Waals surface area contributed by atoms with Crippen molar-refractivity contribution in [2.24, 2.45) is 0 Å². The molecule has 2 aliphatic heterocycles. The second-order valence-electron chi connectivity index (χ2n) is 7.85. The number of methoxy groups -OCH3 is 2. The van der Waals surface area contributed by atoms with Crippen LogP contribution >= 0.6 is 54.0 Å². The maximum absolute atomic E-state index is 13.5. The summed E-state index contributed by atoms with van der Waals surface area (Å²) in [5.74, 6) is 1.61. The van der Waals surface area contributed by atoms with Gasteiger partial charge in [-0.2, -0.15) is 0 Å². The van der Waals surface area contributed by atoms with Crippen molar-refractivity contribution in [2.75, 3.05) is 14.2 Å². The molecule has 0 N–H and O–H groups in total. The van der Waals surface area contributed by atoms with Crippen LogP contribution in [0.15, 0.2) is 77.5 Å². The van der Waals surface area contributed by atoms with Crippen molar-refractivity contribution >= 4 is 77.7 Å². The number of phosphoric ester groups is 1. The van der Waals surface area contributed by atoms with E-state index in [1.165, 1.54) is 23.5 Å². The van der Waals surface area contributed by atoms with Gasteiger partial charge in [-0.05, 0) is 59.3 Å². The fraction of sp³-hybridized carbons (Fsp3) is 0.0769. The Balaban J connectivity index is 0.00000294. The second-order valence-corrected chi connectivity index (χ2v) is 13.5. The van der Waals surface area contributed by atoms with Crippen LogP contribution in [0.5, 0.6) is 11.5 Å². The molecule has 2 aromatic heterocycles. The summed E-state index contributed by atoms with van der Waals surface area (Å²) in [5.41, 5.74) is 2.96. The topological polar surface area (TPSA) is 77.1 Å². The van der Waals surface area contributed by atoms with Gasteiger partial charge in [0, 0.05) is 22.3 Å². The Morgan fingerprint density at radius 3 is 1.58 bits per heavy atom. The van der Waals surface area contributed by atoms with Gasteiger partial charge in [-0.1, -0.05) is 35.7 Å². The first-order valence-corrected chi connectivity index (χ1v) is 15.8. The number of thiophene rings is 2. The molecule has 0 spiro atoms. The molecule has 0 saturated carbocycles. The van der Waals surface area contributed by atoms with Gasteiger partial charge in [-0.25, -0.2) is 4.57 Å². The molecule has 0 unspecified atom stereocenters. The number of benzene rings is 2. The molecule has 188 valence electrons. The second kappa shape index (κ2) is 11.5. The molecule has 38 heavy (non-hydrogen) atoms. The van der Waals surface area contributed by atoms with E-state index in [2.05, 4.69) is 0 Å². The average Bonchev–Trinajstić information content (AvgIpc) is 3.45. The average molecular weight is 609 g/mol. The van der Waals surface area contributed by atoms with Gasteiger partial charge in [-0.15, -0.1) is 22.7 Å². The number of hydrogen-bond acceptors (Lipinski definition) is 10. The van der Waals surface area contributed by atoms with E-state index in [9.17, 15) is 9.46 Å². The van der Waals surface area contributed by atoms with Crippen molar-refractivity contribution in [3.05, 3.63) is 81.5 Å². The maximum atomic E-state index is 13.5. The van der Waals surface area contributed by atoms with Crippen LogP contribution in [-0.2, 0) is 13.6 Å². The number of hydrogen-bond donors (Lipinski definition) is 0. The molecule has 0 radical (unpaired) electrons. The molecule has 2 aliphatic rings. The van der Waals surface area contributed by atoms with Crippen LogP contribution in [0.2, 0.25) is 0 Å². The van der Waals surface area contributed by atoms with Crippen LogP contribution in [0.1, 0.15) is 22.3 Å². The third-order valence-electron chi connectivity index (χ3n) is 5.63. The molecular weight excluding hydrogens is 591 g/mol. The third-order valence-corrected chi connectivity index (χ3v) is 11.1. The molecule has 0 bridgehead atoms.